The first-order valence-electron chi connectivity index (χ1n) is 5.39. The van der Waals surface area contributed by atoms with Crippen LogP contribution in [0, 0.1) is 5.92 Å². The summed E-state index contributed by atoms with van der Waals surface area (Å²) in [5, 5.41) is 11.3. The Kier molecular flexibility index (Phi) is 5.27. The van der Waals surface area contributed by atoms with Crippen LogP contribution in [0.1, 0.15) is 41.0 Å². The van der Waals surface area contributed by atoms with Crippen LogP contribution in [0.15, 0.2) is 0 Å². The third-order valence-electron chi connectivity index (χ3n) is 2.15. The number of nitrogens with one attached hydrogen (secondary N) is 1. The Morgan fingerprint density at radius 3 is 2.19 bits per heavy atom. The molecular weight excluding hydrogens is 210 g/mol. The lowest BCUT2D eigenvalue weighted by Gasteiger charge is -2.24. The van der Waals surface area contributed by atoms with Gasteiger partial charge in [-0.05, 0) is 26.7 Å². The number of carboxylic acid groups (broad SMARTS) is 1. The standard InChI is InChI=1S/C11H21NO4/c1-6-7(2)8(9(13)14)12-10(15)16-11(3,4)5/h7-8H,6H2,1-5H3,(H,12,15)(H,13,14)/t7-,8?/m0/s1. The highest BCUT2D eigenvalue weighted by molar-refractivity contribution is 5.80. The average molecular weight is 231 g/mol. The first kappa shape index (κ1) is 14.7. The molecule has 0 bridgehead atoms. The molecule has 0 radical (unpaired) electrons. The number of carbonyl (C=O) groups is 2. The summed E-state index contributed by atoms with van der Waals surface area (Å²) < 4.78 is 5.00. The number of hydrogen-bond donors (Lipinski definition) is 2. The quantitative estimate of drug-likeness (QED) is 0.776. The maximum absolute atomic E-state index is 11.4. The molecular formula is C11H21NO4. The van der Waals surface area contributed by atoms with E-state index in [9.17, 15) is 9.59 Å². The van der Waals surface area contributed by atoms with E-state index in [1.54, 1.807) is 27.7 Å². The van der Waals surface area contributed by atoms with Crippen LogP contribution < -0.4 is 5.32 Å². The zero-order valence-corrected chi connectivity index (χ0v) is 10.5. The normalized spacial score (nSPS) is 15.1. The monoisotopic (exact) mass is 231 g/mol. The molecule has 0 aliphatic rings. The second kappa shape index (κ2) is 5.72. The second-order valence-corrected chi connectivity index (χ2v) is 4.85. The van der Waals surface area contributed by atoms with Gasteiger partial charge >= 0.3 is 12.1 Å². The molecule has 1 amide bonds. The molecule has 2 atom stereocenters. The van der Waals surface area contributed by atoms with Crippen molar-refractivity contribution in [1.29, 1.82) is 0 Å². The number of amides is 1. The number of carbonyl (C=O) groups excluding carboxylic acids is 1. The molecule has 0 aromatic heterocycles. The molecule has 0 spiro atoms. The number of alkyl carbamates (subject to hydrolysis) is 1. The van der Waals surface area contributed by atoms with E-state index in [0.717, 1.165) is 0 Å². The van der Waals surface area contributed by atoms with Gasteiger partial charge in [0.05, 0.1) is 0 Å². The van der Waals surface area contributed by atoms with Crippen molar-refractivity contribution in [3.63, 3.8) is 0 Å². The smallest absolute Gasteiger partial charge is 0.408 e. The fourth-order valence-corrected chi connectivity index (χ4v) is 1.12. The predicted octanol–water partition coefficient (Wildman–Crippen LogP) is 2.01. The molecule has 5 heteroatoms. The summed E-state index contributed by atoms with van der Waals surface area (Å²) in [5.41, 5.74) is -0.622. The summed E-state index contributed by atoms with van der Waals surface area (Å²) in [5.74, 6) is -1.18. The SMILES string of the molecule is CC[C@H](C)C(NC(=O)OC(C)(C)C)C(=O)O. The van der Waals surface area contributed by atoms with Gasteiger partial charge in [-0.2, -0.15) is 0 Å². The molecule has 0 aliphatic carbocycles. The molecule has 0 aromatic rings. The van der Waals surface area contributed by atoms with Crippen molar-refractivity contribution in [2.45, 2.75) is 52.7 Å². The summed E-state index contributed by atoms with van der Waals surface area (Å²) >= 11 is 0. The minimum Gasteiger partial charge on any atom is -0.480 e. The highest BCUT2D eigenvalue weighted by Gasteiger charge is 2.27. The Balaban J connectivity index is 4.42. The van der Waals surface area contributed by atoms with Gasteiger partial charge in [0.2, 0.25) is 0 Å². The van der Waals surface area contributed by atoms with Gasteiger partial charge in [-0.3, -0.25) is 0 Å². The van der Waals surface area contributed by atoms with Crippen LogP contribution in [0.3, 0.4) is 0 Å². The molecule has 0 heterocycles. The Morgan fingerprint density at radius 1 is 1.38 bits per heavy atom. The van der Waals surface area contributed by atoms with E-state index < -0.39 is 23.7 Å². The lowest BCUT2D eigenvalue weighted by atomic mass is 10.00. The van der Waals surface area contributed by atoms with Crippen LogP contribution in [0.4, 0.5) is 4.79 Å². The third kappa shape index (κ3) is 5.58. The maximum Gasteiger partial charge on any atom is 0.408 e. The van der Waals surface area contributed by atoms with E-state index in [1.165, 1.54) is 0 Å². The van der Waals surface area contributed by atoms with Crippen LogP contribution in [-0.4, -0.2) is 28.8 Å². The van der Waals surface area contributed by atoms with Gasteiger partial charge in [-0.25, -0.2) is 9.59 Å². The number of carboxylic acids is 1. The van der Waals surface area contributed by atoms with Gasteiger partial charge in [0.25, 0.3) is 0 Å². The highest BCUT2D eigenvalue weighted by Crippen LogP contribution is 2.11. The molecule has 0 aromatic carbocycles. The molecule has 0 fully saturated rings. The first-order valence-corrected chi connectivity index (χ1v) is 5.39. The molecule has 0 aliphatic heterocycles. The lowest BCUT2D eigenvalue weighted by molar-refractivity contribution is -0.140. The summed E-state index contributed by atoms with van der Waals surface area (Å²) in [6.07, 6.45) is -0.0209. The van der Waals surface area contributed by atoms with Gasteiger partial charge in [0.15, 0.2) is 0 Å². The van der Waals surface area contributed by atoms with E-state index in [-0.39, 0.29) is 5.92 Å². The molecule has 0 saturated heterocycles. The van der Waals surface area contributed by atoms with Gasteiger partial charge < -0.3 is 15.2 Å². The molecule has 0 rings (SSSR count). The van der Waals surface area contributed by atoms with Crippen molar-refractivity contribution in [2.24, 2.45) is 5.92 Å². The van der Waals surface area contributed by atoms with Gasteiger partial charge in [0.1, 0.15) is 11.6 Å². The van der Waals surface area contributed by atoms with Gasteiger partial charge in [-0.15, -0.1) is 0 Å². The topological polar surface area (TPSA) is 75.6 Å². The van der Waals surface area contributed by atoms with E-state index in [0.29, 0.717) is 6.42 Å². The van der Waals surface area contributed by atoms with E-state index in [4.69, 9.17) is 9.84 Å². The van der Waals surface area contributed by atoms with Crippen molar-refractivity contribution >= 4 is 12.1 Å². The van der Waals surface area contributed by atoms with Gasteiger partial charge in [0, 0.05) is 0 Å². The number of aliphatic carboxylic acids is 1. The highest BCUT2D eigenvalue weighted by atomic mass is 16.6. The molecule has 2 N–H and O–H groups in total. The Labute approximate surface area is 96.2 Å². The zero-order valence-electron chi connectivity index (χ0n) is 10.5. The van der Waals surface area contributed by atoms with E-state index in [1.807, 2.05) is 6.92 Å². The second-order valence-electron chi connectivity index (χ2n) is 4.85. The van der Waals surface area contributed by atoms with Crippen LogP contribution >= 0.6 is 0 Å². The van der Waals surface area contributed by atoms with Crippen molar-refractivity contribution in [3.05, 3.63) is 0 Å². The Hall–Kier alpha value is -1.26. The Morgan fingerprint density at radius 2 is 1.88 bits per heavy atom. The number of rotatable bonds is 4. The molecule has 1 unspecified atom stereocenters. The summed E-state index contributed by atoms with van der Waals surface area (Å²) in [7, 11) is 0. The van der Waals surface area contributed by atoms with Crippen molar-refractivity contribution in [3.8, 4) is 0 Å². The number of hydrogen-bond acceptors (Lipinski definition) is 3. The molecule has 5 nitrogen and oxygen atoms in total. The van der Waals surface area contributed by atoms with Crippen LogP contribution in [-0.2, 0) is 9.53 Å². The predicted molar refractivity (Wildman–Crippen MR) is 60.2 cm³/mol. The minimum atomic E-state index is -1.04. The maximum atomic E-state index is 11.4. The summed E-state index contributed by atoms with van der Waals surface area (Å²) in [4.78, 5) is 22.3. The van der Waals surface area contributed by atoms with Crippen molar-refractivity contribution < 1.29 is 19.4 Å². The molecule has 0 saturated carbocycles. The van der Waals surface area contributed by atoms with Crippen LogP contribution in [0.25, 0.3) is 0 Å². The van der Waals surface area contributed by atoms with E-state index in [2.05, 4.69) is 5.32 Å². The minimum absolute atomic E-state index is 0.134. The summed E-state index contributed by atoms with van der Waals surface area (Å²) in [6, 6.07) is -0.903. The lowest BCUT2D eigenvalue weighted by Crippen LogP contribution is -2.46. The zero-order chi connectivity index (χ0) is 12.9. The van der Waals surface area contributed by atoms with E-state index >= 15 is 0 Å². The number of ether oxygens (including phenoxy) is 1. The third-order valence-corrected chi connectivity index (χ3v) is 2.15. The first-order chi connectivity index (χ1) is 7.17. The molecule has 16 heavy (non-hydrogen) atoms. The average Bonchev–Trinajstić information content (AvgIpc) is 2.09. The largest absolute Gasteiger partial charge is 0.480 e. The van der Waals surface area contributed by atoms with Crippen molar-refractivity contribution in [2.75, 3.05) is 0 Å². The van der Waals surface area contributed by atoms with Crippen LogP contribution in [0.2, 0.25) is 0 Å². The van der Waals surface area contributed by atoms with Crippen molar-refractivity contribution in [1.82, 2.24) is 5.32 Å². The summed E-state index contributed by atoms with van der Waals surface area (Å²) in [6.45, 7) is 8.83. The fraction of sp³-hybridized carbons (Fsp3) is 0.818. The Bertz CT molecular complexity index is 257. The van der Waals surface area contributed by atoms with Gasteiger partial charge in [-0.1, -0.05) is 20.3 Å². The van der Waals surface area contributed by atoms with Crippen LogP contribution in [0.5, 0.6) is 0 Å². The fourth-order valence-electron chi connectivity index (χ4n) is 1.12. The molecule has 94 valence electrons.